The van der Waals surface area contributed by atoms with Gasteiger partial charge in [-0.25, -0.2) is 0 Å². The van der Waals surface area contributed by atoms with Crippen molar-refractivity contribution in [2.45, 2.75) is 52.5 Å². The minimum atomic E-state index is 0.0825. The Kier molecular flexibility index (Phi) is 5.58. The number of pyridine rings is 1. The molecule has 1 aliphatic carbocycles. The third-order valence-corrected chi connectivity index (χ3v) is 5.90. The number of aliphatic imine (C=N–C) groups is 1. The lowest BCUT2D eigenvalue weighted by atomic mass is 9.99. The summed E-state index contributed by atoms with van der Waals surface area (Å²) in [7, 11) is 0. The van der Waals surface area contributed by atoms with Gasteiger partial charge in [0.1, 0.15) is 0 Å². The van der Waals surface area contributed by atoms with Crippen LogP contribution in [0.4, 0.5) is 0 Å². The predicted molar refractivity (Wildman–Crippen MR) is 127 cm³/mol. The summed E-state index contributed by atoms with van der Waals surface area (Å²) in [5, 5.41) is 1.14. The van der Waals surface area contributed by atoms with Crippen LogP contribution in [0.5, 0.6) is 0 Å². The Morgan fingerprint density at radius 1 is 1.07 bits per heavy atom. The highest BCUT2D eigenvalue weighted by molar-refractivity contribution is 5.98. The molecule has 30 heavy (non-hydrogen) atoms. The van der Waals surface area contributed by atoms with E-state index in [4.69, 9.17) is 10.7 Å². The van der Waals surface area contributed by atoms with Crippen molar-refractivity contribution >= 4 is 28.0 Å². The number of nitrogens with two attached hydrogens (primary N) is 1. The van der Waals surface area contributed by atoms with Crippen molar-refractivity contribution in [2.75, 3.05) is 0 Å². The highest BCUT2D eigenvalue weighted by Crippen LogP contribution is 2.43. The number of hydrogen-bond acceptors (Lipinski definition) is 3. The SMILES string of the molecule is CC/C(C)=N\C(=C(/N)c1ccccc1)c1ccc2c(c1)c(C1CC1)cc(=O)n2CC. The largest absolute Gasteiger partial charge is 0.396 e. The van der Waals surface area contributed by atoms with Crippen LogP contribution >= 0.6 is 0 Å². The minimum absolute atomic E-state index is 0.0825. The van der Waals surface area contributed by atoms with Crippen LogP contribution in [0.2, 0.25) is 0 Å². The maximum Gasteiger partial charge on any atom is 0.251 e. The van der Waals surface area contributed by atoms with Crippen molar-refractivity contribution in [1.82, 2.24) is 4.57 Å². The van der Waals surface area contributed by atoms with Gasteiger partial charge < -0.3 is 10.3 Å². The summed E-state index contributed by atoms with van der Waals surface area (Å²) in [6, 6.07) is 18.1. The highest BCUT2D eigenvalue weighted by atomic mass is 16.1. The second kappa shape index (κ2) is 8.31. The lowest BCUT2D eigenvalue weighted by Crippen LogP contribution is -2.19. The molecule has 154 valence electrons. The topological polar surface area (TPSA) is 60.4 Å². The molecule has 1 aromatic heterocycles. The molecular formula is C26H29N3O. The summed E-state index contributed by atoms with van der Waals surface area (Å²) >= 11 is 0. The maximum absolute atomic E-state index is 12.6. The summed E-state index contributed by atoms with van der Waals surface area (Å²) in [5.41, 5.74) is 13.3. The number of aryl methyl sites for hydroxylation is 1. The molecule has 4 nitrogen and oxygen atoms in total. The predicted octanol–water partition coefficient (Wildman–Crippen LogP) is 5.55. The fourth-order valence-electron chi connectivity index (χ4n) is 3.92. The molecule has 0 spiro atoms. The van der Waals surface area contributed by atoms with Gasteiger partial charge in [0.05, 0.1) is 16.9 Å². The minimum Gasteiger partial charge on any atom is -0.396 e. The first-order valence-electron chi connectivity index (χ1n) is 10.8. The van der Waals surface area contributed by atoms with Crippen molar-refractivity contribution in [3.63, 3.8) is 0 Å². The fourth-order valence-corrected chi connectivity index (χ4v) is 3.92. The van der Waals surface area contributed by atoms with Gasteiger partial charge in [0.25, 0.3) is 5.56 Å². The van der Waals surface area contributed by atoms with Crippen molar-refractivity contribution in [2.24, 2.45) is 10.7 Å². The molecule has 1 heterocycles. The second-order valence-corrected chi connectivity index (χ2v) is 8.02. The summed E-state index contributed by atoms with van der Waals surface area (Å²) in [6.07, 6.45) is 3.16. The van der Waals surface area contributed by atoms with E-state index in [1.54, 1.807) is 0 Å². The number of hydrogen-bond donors (Lipinski definition) is 1. The molecule has 1 aliphatic rings. The third-order valence-electron chi connectivity index (χ3n) is 5.90. The van der Waals surface area contributed by atoms with Crippen molar-refractivity contribution in [1.29, 1.82) is 0 Å². The van der Waals surface area contributed by atoms with Crippen LogP contribution in [-0.2, 0) is 6.54 Å². The van der Waals surface area contributed by atoms with Gasteiger partial charge in [-0.2, -0.15) is 0 Å². The van der Waals surface area contributed by atoms with Crippen LogP contribution in [0, 0.1) is 0 Å². The lowest BCUT2D eigenvalue weighted by Gasteiger charge is -2.15. The van der Waals surface area contributed by atoms with Crippen LogP contribution in [0.1, 0.15) is 62.6 Å². The molecule has 0 amide bonds. The second-order valence-electron chi connectivity index (χ2n) is 8.02. The van der Waals surface area contributed by atoms with Gasteiger partial charge in [0.15, 0.2) is 0 Å². The lowest BCUT2D eigenvalue weighted by molar-refractivity contribution is 0.757. The highest BCUT2D eigenvalue weighted by Gasteiger charge is 2.27. The van der Waals surface area contributed by atoms with E-state index in [0.29, 0.717) is 18.2 Å². The number of fused-ring (bicyclic) bond motifs is 1. The van der Waals surface area contributed by atoms with Crippen LogP contribution < -0.4 is 11.3 Å². The summed E-state index contributed by atoms with van der Waals surface area (Å²) in [6.45, 7) is 6.80. The van der Waals surface area contributed by atoms with Gasteiger partial charge >= 0.3 is 0 Å². The monoisotopic (exact) mass is 399 g/mol. The quantitative estimate of drug-likeness (QED) is 0.436. The maximum atomic E-state index is 12.6. The van der Waals surface area contributed by atoms with Gasteiger partial charge in [0.2, 0.25) is 0 Å². The standard InChI is InChI=1S/C26H29N3O/c1-4-17(3)28-26(25(27)19-9-7-6-8-10-19)20-13-14-23-22(15-20)21(18-11-12-18)16-24(30)29(23)5-2/h6-10,13-16,18H,4-5,11-12,27H2,1-3H3/b26-25-,28-17-. The Hall–Kier alpha value is -3.14. The van der Waals surface area contributed by atoms with Crippen molar-refractivity contribution in [3.05, 3.63) is 81.6 Å². The average Bonchev–Trinajstić information content (AvgIpc) is 3.62. The molecule has 1 saturated carbocycles. The number of aromatic nitrogens is 1. The normalized spacial score (nSPS) is 15.4. The third kappa shape index (κ3) is 3.82. The Morgan fingerprint density at radius 3 is 2.43 bits per heavy atom. The summed E-state index contributed by atoms with van der Waals surface area (Å²) in [5.74, 6) is 0.488. The molecule has 0 bridgehead atoms. The van der Waals surface area contributed by atoms with Crippen LogP contribution in [0.3, 0.4) is 0 Å². The van der Waals surface area contributed by atoms with E-state index in [9.17, 15) is 4.79 Å². The molecule has 0 atom stereocenters. The van der Waals surface area contributed by atoms with Gasteiger partial charge in [0, 0.05) is 29.3 Å². The molecule has 0 saturated heterocycles. The van der Waals surface area contributed by atoms with Gasteiger partial charge in [-0.05, 0) is 62.3 Å². The van der Waals surface area contributed by atoms with Gasteiger partial charge in [-0.15, -0.1) is 0 Å². The zero-order chi connectivity index (χ0) is 21.3. The zero-order valence-corrected chi connectivity index (χ0v) is 18.0. The summed E-state index contributed by atoms with van der Waals surface area (Å²) < 4.78 is 1.84. The van der Waals surface area contributed by atoms with Crippen molar-refractivity contribution in [3.8, 4) is 0 Å². The Labute approximate surface area is 177 Å². The molecule has 4 heteroatoms. The fraction of sp³-hybridized carbons (Fsp3) is 0.308. The Bertz CT molecular complexity index is 1200. The molecule has 0 radical (unpaired) electrons. The molecule has 2 aromatic carbocycles. The van der Waals surface area contributed by atoms with E-state index in [2.05, 4.69) is 19.1 Å². The van der Waals surface area contributed by atoms with Crippen LogP contribution in [0.15, 0.2) is 64.4 Å². The number of benzene rings is 2. The van der Waals surface area contributed by atoms with Gasteiger partial charge in [-0.1, -0.05) is 43.3 Å². The molecule has 2 N–H and O–H groups in total. The van der Waals surface area contributed by atoms with E-state index >= 15 is 0 Å². The number of rotatable bonds is 6. The molecule has 4 rings (SSSR count). The number of nitrogens with zero attached hydrogens (tertiary/aromatic N) is 2. The first-order valence-corrected chi connectivity index (χ1v) is 10.8. The summed E-state index contributed by atoms with van der Waals surface area (Å²) in [4.78, 5) is 17.5. The molecule has 1 fully saturated rings. The van der Waals surface area contributed by atoms with Crippen LogP contribution in [0.25, 0.3) is 22.3 Å². The van der Waals surface area contributed by atoms with E-state index in [-0.39, 0.29) is 5.56 Å². The smallest absolute Gasteiger partial charge is 0.251 e. The Morgan fingerprint density at radius 2 is 1.80 bits per heavy atom. The van der Waals surface area contributed by atoms with E-state index < -0.39 is 0 Å². The first kappa shape index (κ1) is 20.1. The van der Waals surface area contributed by atoms with E-state index in [0.717, 1.165) is 58.3 Å². The molecule has 0 unspecified atom stereocenters. The molecule has 0 aliphatic heterocycles. The molecular weight excluding hydrogens is 370 g/mol. The Balaban J connectivity index is 1.98. The van der Waals surface area contributed by atoms with Gasteiger partial charge in [-0.3, -0.25) is 9.79 Å². The van der Waals surface area contributed by atoms with Crippen molar-refractivity contribution < 1.29 is 0 Å². The van der Waals surface area contributed by atoms with E-state index in [1.807, 2.05) is 60.9 Å². The molecule has 3 aromatic rings. The zero-order valence-electron chi connectivity index (χ0n) is 18.0. The average molecular weight is 400 g/mol. The first-order chi connectivity index (χ1) is 14.5. The van der Waals surface area contributed by atoms with E-state index in [1.165, 1.54) is 0 Å². The van der Waals surface area contributed by atoms with Crippen LogP contribution in [-0.4, -0.2) is 10.3 Å².